The molecule has 17 heavy (non-hydrogen) atoms. The molecule has 1 heterocycles. The Morgan fingerprint density at radius 3 is 2.88 bits per heavy atom. The lowest BCUT2D eigenvalue weighted by atomic mass is 10.1. The van der Waals surface area contributed by atoms with Gasteiger partial charge in [-0.1, -0.05) is 24.3 Å². The van der Waals surface area contributed by atoms with Crippen LogP contribution in [0.4, 0.5) is 0 Å². The Hall–Kier alpha value is -2.17. The highest BCUT2D eigenvalue weighted by atomic mass is 16.5. The van der Waals surface area contributed by atoms with Crippen LogP contribution < -0.4 is 0 Å². The summed E-state index contributed by atoms with van der Waals surface area (Å²) < 4.78 is 6.17. The van der Waals surface area contributed by atoms with Crippen LogP contribution in [0.1, 0.15) is 21.7 Å². The van der Waals surface area contributed by atoms with Gasteiger partial charge in [-0.05, 0) is 18.1 Å². The monoisotopic (exact) mass is 231 g/mol. The standard InChI is InChI=1S/C12H13N3O2/c1-9-5-3-4-6-10(9)7-15-8-13-11(14-15)12(16)17-2/h3-6,8H,7H2,1-2H3. The quantitative estimate of drug-likeness (QED) is 0.750. The maximum absolute atomic E-state index is 11.2. The van der Waals surface area contributed by atoms with Gasteiger partial charge in [0.2, 0.25) is 0 Å². The molecule has 1 aromatic carbocycles. The summed E-state index contributed by atoms with van der Waals surface area (Å²) in [6.07, 6.45) is 1.53. The topological polar surface area (TPSA) is 57.0 Å². The van der Waals surface area contributed by atoms with Crippen LogP contribution in [0.25, 0.3) is 0 Å². The van der Waals surface area contributed by atoms with Gasteiger partial charge >= 0.3 is 5.97 Å². The molecule has 2 rings (SSSR count). The van der Waals surface area contributed by atoms with Gasteiger partial charge in [0.25, 0.3) is 5.82 Å². The smallest absolute Gasteiger partial charge is 0.377 e. The predicted molar refractivity (Wildman–Crippen MR) is 61.6 cm³/mol. The van der Waals surface area contributed by atoms with Gasteiger partial charge in [0.1, 0.15) is 6.33 Å². The van der Waals surface area contributed by atoms with Crippen LogP contribution in [-0.2, 0) is 11.3 Å². The average Bonchev–Trinajstić information content (AvgIpc) is 2.80. The lowest BCUT2D eigenvalue weighted by Crippen LogP contribution is -2.07. The van der Waals surface area contributed by atoms with Crippen molar-refractivity contribution in [2.45, 2.75) is 13.5 Å². The number of aryl methyl sites for hydroxylation is 1. The second-order valence-electron chi connectivity index (χ2n) is 3.68. The molecule has 1 aromatic heterocycles. The summed E-state index contributed by atoms with van der Waals surface area (Å²) in [6, 6.07) is 8.02. The third kappa shape index (κ3) is 2.50. The van der Waals surface area contributed by atoms with E-state index < -0.39 is 5.97 Å². The Labute approximate surface area is 99.1 Å². The van der Waals surface area contributed by atoms with Crippen LogP contribution in [0, 0.1) is 6.92 Å². The van der Waals surface area contributed by atoms with Crippen molar-refractivity contribution in [2.75, 3.05) is 7.11 Å². The lowest BCUT2D eigenvalue weighted by molar-refractivity contribution is 0.0586. The molecule has 2 aromatic rings. The fourth-order valence-electron chi connectivity index (χ4n) is 1.52. The minimum absolute atomic E-state index is 0.0843. The van der Waals surface area contributed by atoms with Crippen molar-refractivity contribution in [3.8, 4) is 0 Å². The molecule has 0 N–H and O–H groups in total. The van der Waals surface area contributed by atoms with Crippen LogP contribution >= 0.6 is 0 Å². The van der Waals surface area contributed by atoms with Gasteiger partial charge in [0, 0.05) is 0 Å². The Morgan fingerprint density at radius 2 is 2.18 bits per heavy atom. The zero-order valence-corrected chi connectivity index (χ0v) is 9.75. The van der Waals surface area contributed by atoms with Crippen molar-refractivity contribution in [1.29, 1.82) is 0 Å². The van der Waals surface area contributed by atoms with Crippen LogP contribution in [0.15, 0.2) is 30.6 Å². The highest BCUT2D eigenvalue weighted by molar-refractivity contribution is 5.84. The second kappa shape index (κ2) is 4.78. The average molecular weight is 231 g/mol. The number of esters is 1. The molecule has 0 saturated heterocycles. The van der Waals surface area contributed by atoms with Crippen LogP contribution in [-0.4, -0.2) is 27.8 Å². The maximum atomic E-state index is 11.2. The SMILES string of the molecule is COC(=O)c1ncn(Cc2ccccc2C)n1. The molecule has 5 heteroatoms. The molecule has 0 aliphatic carbocycles. The van der Waals surface area contributed by atoms with Gasteiger partial charge in [-0.25, -0.2) is 14.5 Å². The summed E-state index contributed by atoms with van der Waals surface area (Å²) in [5.41, 5.74) is 2.33. The summed E-state index contributed by atoms with van der Waals surface area (Å²) in [7, 11) is 1.31. The molecular formula is C12H13N3O2. The minimum atomic E-state index is -0.520. The first kappa shape index (κ1) is 11.3. The molecule has 88 valence electrons. The van der Waals surface area contributed by atoms with E-state index in [-0.39, 0.29) is 5.82 Å². The number of aromatic nitrogens is 3. The summed E-state index contributed by atoms with van der Waals surface area (Å²) in [5.74, 6) is -0.436. The Balaban J connectivity index is 2.17. The van der Waals surface area contributed by atoms with E-state index in [9.17, 15) is 4.79 Å². The second-order valence-corrected chi connectivity index (χ2v) is 3.68. The fraction of sp³-hybridized carbons (Fsp3) is 0.250. The summed E-state index contributed by atoms with van der Waals surface area (Å²) in [4.78, 5) is 15.1. The van der Waals surface area contributed by atoms with E-state index in [0.717, 1.165) is 5.56 Å². The fourth-order valence-corrected chi connectivity index (χ4v) is 1.52. The first-order valence-electron chi connectivity index (χ1n) is 5.23. The number of carbonyl (C=O) groups is 1. The van der Waals surface area contributed by atoms with Crippen molar-refractivity contribution in [3.63, 3.8) is 0 Å². The predicted octanol–water partition coefficient (Wildman–Crippen LogP) is 1.42. The molecule has 0 unspecified atom stereocenters. The number of hydrogen-bond donors (Lipinski definition) is 0. The van der Waals surface area contributed by atoms with Crippen LogP contribution in [0.2, 0.25) is 0 Å². The molecule has 0 bridgehead atoms. The Bertz CT molecular complexity index is 534. The minimum Gasteiger partial charge on any atom is -0.463 e. The van der Waals surface area contributed by atoms with Gasteiger partial charge in [-0.2, -0.15) is 0 Å². The molecule has 0 aliphatic rings. The molecule has 0 spiro atoms. The van der Waals surface area contributed by atoms with E-state index in [1.54, 1.807) is 4.68 Å². The van der Waals surface area contributed by atoms with Crippen molar-refractivity contribution in [3.05, 3.63) is 47.5 Å². The normalized spacial score (nSPS) is 10.2. The molecule has 0 aliphatic heterocycles. The third-order valence-electron chi connectivity index (χ3n) is 2.50. The van der Waals surface area contributed by atoms with E-state index in [2.05, 4.69) is 14.8 Å². The van der Waals surface area contributed by atoms with Gasteiger partial charge in [0.15, 0.2) is 0 Å². The van der Waals surface area contributed by atoms with E-state index >= 15 is 0 Å². The van der Waals surface area contributed by atoms with Crippen molar-refractivity contribution in [1.82, 2.24) is 14.8 Å². The van der Waals surface area contributed by atoms with E-state index in [4.69, 9.17) is 0 Å². The molecule has 0 radical (unpaired) electrons. The summed E-state index contributed by atoms with van der Waals surface area (Å²) in [5, 5.41) is 4.05. The molecule has 0 saturated carbocycles. The molecule has 5 nitrogen and oxygen atoms in total. The van der Waals surface area contributed by atoms with Crippen molar-refractivity contribution in [2.24, 2.45) is 0 Å². The van der Waals surface area contributed by atoms with Crippen LogP contribution in [0.5, 0.6) is 0 Å². The number of rotatable bonds is 3. The van der Waals surface area contributed by atoms with E-state index in [1.165, 1.54) is 19.0 Å². The first-order chi connectivity index (χ1) is 8.20. The van der Waals surface area contributed by atoms with Crippen molar-refractivity contribution >= 4 is 5.97 Å². The molecule has 0 amide bonds. The van der Waals surface area contributed by atoms with E-state index in [1.807, 2.05) is 31.2 Å². The first-order valence-corrected chi connectivity index (χ1v) is 5.23. The van der Waals surface area contributed by atoms with Gasteiger partial charge in [0.05, 0.1) is 13.7 Å². The molecule has 0 atom stereocenters. The maximum Gasteiger partial charge on any atom is 0.377 e. The Kier molecular flexibility index (Phi) is 3.18. The molecular weight excluding hydrogens is 218 g/mol. The van der Waals surface area contributed by atoms with Gasteiger partial charge < -0.3 is 4.74 Å². The number of benzene rings is 1. The summed E-state index contributed by atoms with van der Waals surface area (Å²) >= 11 is 0. The number of nitrogens with zero attached hydrogens (tertiary/aromatic N) is 3. The number of methoxy groups -OCH3 is 1. The zero-order valence-electron chi connectivity index (χ0n) is 9.75. The third-order valence-corrected chi connectivity index (χ3v) is 2.50. The summed E-state index contributed by atoms with van der Waals surface area (Å²) in [6.45, 7) is 2.63. The van der Waals surface area contributed by atoms with Crippen LogP contribution in [0.3, 0.4) is 0 Å². The molecule has 0 fully saturated rings. The lowest BCUT2D eigenvalue weighted by Gasteiger charge is -2.04. The Morgan fingerprint density at radius 1 is 1.41 bits per heavy atom. The van der Waals surface area contributed by atoms with E-state index in [0.29, 0.717) is 6.54 Å². The van der Waals surface area contributed by atoms with Gasteiger partial charge in [-0.3, -0.25) is 0 Å². The number of hydrogen-bond acceptors (Lipinski definition) is 4. The zero-order chi connectivity index (χ0) is 12.3. The number of carbonyl (C=O) groups excluding carboxylic acids is 1. The highest BCUT2D eigenvalue weighted by Gasteiger charge is 2.11. The van der Waals surface area contributed by atoms with Gasteiger partial charge in [-0.15, -0.1) is 5.10 Å². The largest absolute Gasteiger partial charge is 0.463 e. The highest BCUT2D eigenvalue weighted by Crippen LogP contribution is 2.08. The number of ether oxygens (including phenoxy) is 1. The van der Waals surface area contributed by atoms with Crippen molar-refractivity contribution < 1.29 is 9.53 Å².